The molecule has 0 aliphatic rings. The highest BCUT2D eigenvalue weighted by Crippen LogP contribution is 2.48. The fourth-order valence-corrected chi connectivity index (χ4v) is 1.26. The molecule has 0 fully saturated rings. The lowest BCUT2D eigenvalue weighted by molar-refractivity contribution is -0.441. The van der Waals surface area contributed by atoms with E-state index < -0.39 is 43.3 Å². The van der Waals surface area contributed by atoms with Crippen molar-refractivity contribution in [1.82, 2.24) is 0 Å². The molecule has 0 aliphatic carbocycles. The van der Waals surface area contributed by atoms with Crippen LogP contribution in [0.15, 0.2) is 6.07 Å². The Morgan fingerprint density at radius 2 is 1.56 bits per heavy atom. The van der Waals surface area contributed by atoms with Gasteiger partial charge in [0.05, 0.1) is 27.9 Å². The molecule has 0 amide bonds. The third-order valence-electron chi connectivity index (χ3n) is 1.97. The van der Waals surface area contributed by atoms with E-state index in [1.54, 1.807) is 0 Å². The first kappa shape index (κ1) is 13.1. The predicted molar refractivity (Wildman–Crippen MR) is 54.6 cm³/mol. The van der Waals surface area contributed by atoms with Crippen LogP contribution in [0.4, 0.5) is 17.1 Å². The number of benzene rings is 1. The molecule has 96 valence electrons. The van der Waals surface area contributed by atoms with E-state index in [4.69, 9.17) is 0 Å². The lowest BCUT2D eigenvalue weighted by Gasteiger charge is -2.04. The maximum absolute atomic E-state index is 10.7. The molecular weight excluding hydrogens is 254 g/mol. The SMILES string of the molecule is COc1cc([N+](=O)[O-])c([N+](=O)[O-])c([N+](=O)[O-])c1O. The first-order valence-electron chi connectivity index (χ1n) is 4.18. The van der Waals surface area contributed by atoms with Crippen molar-refractivity contribution < 1.29 is 24.6 Å². The lowest BCUT2D eigenvalue weighted by Crippen LogP contribution is -2.03. The summed E-state index contributed by atoms with van der Waals surface area (Å²) in [5.41, 5.74) is -3.92. The number of nitro benzene ring substituents is 3. The molecule has 0 saturated heterocycles. The average Bonchev–Trinajstić information content (AvgIpc) is 2.26. The molecular formula is C7H5N3O8. The van der Waals surface area contributed by atoms with Crippen molar-refractivity contribution in [2.45, 2.75) is 0 Å². The monoisotopic (exact) mass is 259 g/mol. The van der Waals surface area contributed by atoms with Crippen LogP contribution in [-0.4, -0.2) is 27.0 Å². The van der Waals surface area contributed by atoms with Crippen molar-refractivity contribution >= 4 is 17.1 Å². The van der Waals surface area contributed by atoms with E-state index in [0.717, 1.165) is 7.11 Å². The van der Waals surface area contributed by atoms with Crippen molar-refractivity contribution in [2.24, 2.45) is 0 Å². The van der Waals surface area contributed by atoms with Gasteiger partial charge in [0.2, 0.25) is 5.75 Å². The van der Waals surface area contributed by atoms with Gasteiger partial charge < -0.3 is 9.84 Å². The van der Waals surface area contributed by atoms with E-state index in [9.17, 15) is 35.4 Å². The van der Waals surface area contributed by atoms with Crippen LogP contribution in [-0.2, 0) is 0 Å². The standard InChI is InChI=1S/C7H5N3O8/c1-18-4-2-3(8(12)13)5(9(14)15)6(7(4)11)10(16)17/h2,11H,1H3. The highest BCUT2D eigenvalue weighted by atomic mass is 16.6. The van der Waals surface area contributed by atoms with E-state index in [1.807, 2.05) is 0 Å². The number of ether oxygens (including phenoxy) is 1. The van der Waals surface area contributed by atoms with Gasteiger partial charge in [-0.2, -0.15) is 0 Å². The molecule has 0 aromatic heterocycles. The van der Waals surface area contributed by atoms with E-state index in [1.165, 1.54) is 0 Å². The van der Waals surface area contributed by atoms with Crippen molar-refractivity contribution in [2.75, 3.05) is 7.11 Å². The summed E-state index contributed by atoms with van der Waals surface area (Å²) in [5.74, 6) is -1.74. The molecule has 1 N–H and O–H groups in total. The minimum atomic E-state index is -1.40. The van der Waals surface area contributed by atoms with E-state index in [0.29, 0.717) is 6.07 Å². The summed E-state index contributed by atoms with van der Waals surface area (Å²) >= 11 is 0. The fourth-order valence-electron chi connectivity index (χ4n) is 1.26. The zero-order valence-electron chi connectivity index (χ0n) is 8.72. The van der Waals surface area contributed by atoms with Gasteiger partial charge in [-0.3, -0.25) is 30.3 Å². The van der Waals surface area contributed by atoms with Crippen molar-refractivity contribution in [3.8, 4) is 11.5 Å². The van der Waals surface area contributed by atoms with Gasteiger partial charge in [0, 0.05) is 0 Å². The summed E-state index contributed by atoms with van der Waals surface area (Å²) in [7, 11) is 0.994. The highest BCUT2D eigenvalue weighted by Gasteiger charge is 2.41. The van der Waals surface area contributed by atoms with Crippen LogP contribution < -0.4 is 4.74 Å². The molecule has 1 aromatic rings. The molecule has 1 rings (SSSR count). The topological polar surface area (TPSA) is 159 Å². The molecule has 1 aromatic carbocycles. The lowest BCUT2D eigenvalue weighted by atomic mass is 10.2. The largest absolute Gasteiger partial charge is 0.499 e. The summed E-state index contributed by atoms with van der Waals surface area (Å²) in [4.78, 5) is 28.2. The Hall–Kier alpha value is -2.98. The van der Waals surface area contributed by atoms with Gasteiger partial charge in [-0.15, -0.1) is 0 Å². The quantitative estimate of drug-likeness (QED) is 0.621. The number of phenolic OH excluding ortho intramolecular Hbond substituents is 1. The highest BCUT2D eigenvalue weighted by molar-refractivity contribution is 5.75. The Morgan fingerprint density at radius 1 is 1.06 bits per heavy atom. The Kier molecular flexibility index (Phi) is 3.26. The predicted octanol–water partition coefficient (Wildman–Crippen LogP) is 1.13. The normalized spacial score (nSPS) is 9.83. The number of aromatic hydroxyl groups is 1. The van der Waals surface area contributed by atoms with Gasteiger partial charge in [-0.1, -0.05) is 0 Å². The summed E-state index contributed by atoms with van der Waals surface area (Å²) in [5, 5.41) is 41.3. The Balaban J connectivity index is 3.84. The van der Waals surface area contributed by atoms with Crippen molar-refractivity contribution in [3.63, 3.8) is 0 Å². The third kappa shape index (κ3) is 1.95. The third-order valence-corrected chi connectivity index (χ3v) is 1.97. The van der Waals surface area contributed by atoms with E-state index >= 15 is 0 Å². The molecule has 0 saturated carbocycles. The van der Waals surface area contributed by atoms with Gasteiger partial charge in [-0.05, 0) is 0 Å². The minimum Gasteiger partial charge on any atom is -0.499 e. The number of phenols is 1. The fraction of sp³-hybridized carbons (Fsp3) is 0.143. The number of rotatable bonds is 4. The molecule has 0 spiro atoms. The van der Waals surface area contributed by atoms with Crippen LogP contribution in [0, 0.1) is 30.3 Å². The van der Waals surface area contributed by atoms with Crippen molar-refractivity contribution in [1.29, 1.82) is 0 Å². The van der Waals surface area contributed by atoms with Gasteiger partial charge in [0.25, 0.3) is 0 Å². The number of nitro groups is 3. The molecule has 11 heteroatoms. The second-order valence-electron chi connectivity index (χ2n) is 2.92. The molecule has 0 radical (unpaired) electrons. The van der Waals surface area contributed by atoms with Crippen LogP contribution in [0.2, 0.25) is 0 Å². The summed E-state index contributed by atoms with van der Waals surface area (Å²) in [6.45, 7) is 0. The van der Waals surface area contributed by atoms with Crippen LogP contribution in [0.3, 0.4) is 0 Å². The Bertz CT molecular complexity index is 554. The molecule has 11 nitrogen and oxygen atoms in total. The number of hydrogen-bond donors (Lipinski definition) is 1. The Labute approximate surface area is 97.7 Å². The second kappa shape index (κ2) is 4.48. The Morgan fingerprint density at radius 3 is 1.89 bits per heavy atom. The molecule has 0 unspecified atom stereocenters. The first-order valence-corrected chi connectivity index (χ1v) is 4.18. The zero-order chi connectivity index (χ0) is 14.0. The summed E-state index contributed by atoms with van der Waals surface area (Å²) < 4.78 is 4.48. The first-order chi connectivity index (χ1) is 8.31. The minimum absolute atomic E-state index is 0.542. The maximum atomic E-state index is 10.7. The van der Waals surface area contributed by atoms with Gasteiger partial charge in [-0.25, -0.2) is 0 Å². The summed E-state index contributed by atoms with van der Waals surface area (Å²) in [6.07, 6.45) is 0. The van der Waals surface area contributed by atoms with Gasteiger partial charge in [0.1, 0.15) is 0 Å². The van der Waals surface area contributed by atoms with Gasteiger partial charge in [0.15, 0.2) is 5.75 Å². The number of hydrogen-bond acceptors (Lipinski definition) is 8. The molecule has 0 bridgehead atoms. The van der Waals surface area contributed by atoms with Crippen LogP contribution in [0.5, 0.6) is 11.5 Å². The van der Waals surface area contributed by atoms with Crippen LogP contribution in [0.25, 0.3) is 0 Å². The van der Waals surface area contributed by atoms with Gasteiger partial charge >= 0.3 is 17.1 Å². The van der Waals surface area contributed by atoms with Crippen LogP contribution in [0.1, 0.15) is 0 Å². The number of nitrogens with zero attached hydrogens (tertiary/aromatic N) is 3. The molecule has 18 heavy (non-hydrogen) atoms. The van der Waals surface area contributed by atoms with Crippen molar-refractivity contribution in [3.05, 3.63) is 36.4 Å². The molecule has 0 atom stereocenters. The zero-order valence-corrected chi connectivity index (χ0v) is 8.72. The average molecular weight is 259 g/mol. The smallest absolute Gasteiger partial charge is 0.426 e. The molecule has 0 heterocycles. The van der Waals surface area contributed by atoms with Crippen LogP contribution >= 0.6 is 0 Å². The number of methoxy groups -OCH3 is 1. The maximum Gasteiger partial charge on any atom is 0.426 e. The molecule has 0 aliphatic heterocycles. The van der Waals surface area contributed by atoms with E-state index in [2.05, 4.69) is 4.74 Å². The summed E-state index contributed by atoms with van der Waals surface area (Å²) in [6, 6.07) is 0.542. The second-order valence-corrected chi connectivity index (χ2v) is 2.92. The van der Waals surface area contributed by atoms with E-state index in [-0.39, 0.29) is 0 Å².